The topological polar surface area (TPSA) is 38.7 Å². The van der Waals surface area contributed by atoms with Crippen LogP contribution in [0.15, 0.2) is 18.3 Å². The summed E-state index contributed by atoms with van der Waals surface area (Å²) < 4.78 is 12.5. The minimum Gasteiger partial charge on any atom is -0.258 e. The molecule has 19 heavy (non-hydrogen) atoms. The number of hydrogen-bond acceptors (Lipinski definition) is 3. The number of fused-ring (bicyclic) bond motifs is 1. The molecule has 6 heteroatoms. The van der Waals surface area contributed by atoms with Crippen LogP contribution in [-0.4, -0.2) is 15.0 Å². The van der Waals surface area contributed by atoms with E-state index in [9.17, 15) is 4.39 Å². The number of pyridine rings is 1. The molecule has 0 radical (unpaired) electrons. The second-order valence-electron chi connectivity index (χ2n) is 4.46. The number of hydrogen-bond donors (Lipinski definition) is 0. The molecule has 0 aromatic carbocycles. The molecule has 2 aromatic rings. The van der Waals surface area contributed by atoms with E-state index in [0.717, 1.165) is 29.7 Å². The van der Waals surface area contributed by atoms with Crippen molar-refractivity contribution in [3.63, 3.8) is 0 Å². The largest absolute Gasteiger partial charge is 0.258 e. The molecule has 0 saturated carbocycles. The maximum Gasteiger partial charge on any atom is 0.224 e. The van der Waals surface area contributed by atoms with E-state index >= 15 is 0 Å². The normalized spacial score (nSPS) is 17.5. The van der Waals surface area contributed by atoms with Gasteiger partial charge in [-0.1, -0.05) is 17.7 Å². The van der Waals surface area contributed by atoms with Gasteiger partial charge < -0.3 is 0 Å². The average molecular weight is 298 g/mol. The summed E-state index contributed by atoms with van der Waals surface area (Å²) in [6.07, 6.45) is 3.40. The van der Waals surface area contributed by atoms with E-state index in [2.05, 4.69) is 15.0 Å². The van der Waals surface area contributed by atoms with Gasteiger partial charge in [0.05, 0.1) is 11.4 Å². The Hall–Kier alpha value is -1.26. The predicted octanol–water partition coefficient (Wildman–Crippen LogP) is 3.73. The van der Waals surface area contributed by atoms with Crippen LogP contribution in [-0.2, 0) is 13.1 Å². The second kappa shape index (κ2) is 5.02. The summed E-state index contributed by atoms with van der Waals surface area (Å²) >= 11 is 11.9. The first-order valence-corrected chi connectivity index (χ1v) is 6.67. The Labute approximate surface area is 119 Å². The van der Waals surface area contributed by atoms with Crippen LogP contribution in [0.5, 0.6) is 0 Å². The van der Waals surface area contributed by atoms with Crippen molar-refractivity contribution in [3.8, 4) is 0 Å². The fraction of sp³-hybridized carbons (Fsp3) is 0.308. The van der Waals surface area contributed by atoms with Crippen LogP contribution in [0.1, 0.15) is 34.9 Å². The van der Waals surface area contributed by atoms with Gasteiger partial charge in [-0.2, -0.15) is 0 Å². The van der Waals surface area contributed by atoms with E-state index in [1.165, 1.54) is 0 Å². The molecule has 3 rings (SSSR count). The summed E-state index contributed by atoms with van der Waals surface area (Å²) in [5, 5.41) is 0.579. The summed E-state index contributed by atoms with van der Waals surface area (Å²) in [6.45, 7) is -0.554. The van der Waals surface area contributed by atoms with Gasteiger partial charge in [-0.25, -0.2) is 14.4 Å². The van der Waals surface area contributed by atoms with Crippen LogP contribution in [0.3, 0.4) is 0 Å². The first kappa shape index (κ1) is 12.8. The van der Waals surface area contributed by atoms with Gasteiger partial charge in [0, 0.05) is 17.7 Å². The van der Waals surface area contributed by atoms with Crippen LogP contribution in [0.4, 0.5) is 4.39 Å². The Morgan fingerprint density at radius 3 is 2.79 bits per heavy atom. The van der Waals surface area contributed by atoms with Crippen LogP contribution < -0.4 is 0 Å². The molecular weight excluding hydrogens is 288 g/mol. The number of alkyl halides is 1. The van der Waals surface area contributed by atoms with Gasteiger partial charge in [0.15, 0.2) is 0 Å². The van der Waals surface area contributed by atoms with E-state index < -0.39 is 6.67 Å². The Kier molecular flexibility index (Phi) is 3.37. The zero-order valence-electron chi connectivity index (χ0n) is 9.91. The number of rotatable bonds is 2. The Balaban J connectivity index is 2.01. The van der Waals surface area contributed by atoms with E-state index in [1.807, 2.05) is 6.07 Å². The Morgan fingerprint density at radius 2 is 2.11 bits per heavy atom. The van der Waals surface area contributed by atoms with E-state index in [-0.39, 0.29) is 11.2 Å². The minimum atomic E-state index is -0.554. The van der Waals surface area contributed by atoms with Crippen LogP contribution in [0.2, 0.25) is 10.4 Å². The first-order chi connectivity index (χ1) is 9.19. The lowest BCUT2D eigenvalue weighted by atomic mass is 9.98. The maximum absolute atomic E-state index is 12.5. The Bertz CT molecular complexity index is 616. The summed E-state index contributed by atoms with van der Waals surface area (Å²) in [6, 6.07) is 3.57. The molecule has 0 bridgehead atoms. The van der Waals surface area contributed by atoms with Gasteiger partial charge in [0.25, 0.3) is 0 Å². The van der Waals surface area contributed by atoms with Crippen molar-refractivity contribution in [2.75, 3.05) is 0 Å². The van der Waals surface area contributed by atoms with E-state index in [0.29, 0.717) is 10.8 Å². The molecule has 0 fully saturated rings. The summed E-state index contributed by atoms with van der Waals surface area (Å²) in [5.74, 6) is 0.106. The lowest BCUT2D eigenvalue weighted by Crippen LogP contribution is -2.02. The Morgan fingerprint density at radius 1 is 1.26 bits per heavy atom. The van der Waals surface area contributed by atoms with Gasteiger partial charge >= 0.3 is 0 Å². The molecule has 0 amide bonds. The molecule has 98 valence electrons. The third-order valence-electron chi connectivity index (χ3n) is 3.36. The fourth-order valence-corrected chi connectivity index (χ4v) is 2.93. The van der Waals surface area contributed by atoms with Gasteiger partial charge in [-0.15, -0.1) is 0 Å². The standard InChI is InChI=1S/C13H10Cl2FN3/c14-12-10-4-3-9(11(10)18-13(15)19-12)7-1-2-8(5-16)17-6-7/h1-2,6,9H,3-5H2. The second-order valence-corrected chi connectivity index (χ2v) is 5.15. The molecule has 3 nitrogen and oxygen atoms in total. The lowest BCUT2D eigenvalue weighted by Gasteiger charge is -2.11. The summed E-state index contributed by atoms with van der Waals surface area (Å²) in [5.41, 5.74) is 3.24. The molecule has 0 N–H and O–H groups in total. The fourth-order valence-electron chi connectivity index (χ4n) is 2.44. The SMILES string of the molecule is FCc1ccc(C2CCc3c(Cl)nc(Cl)nc32)cn1. The zero-order chi connectivity index (χ0) is 13.4. The van der Waals surface area contributed by atoms with Crippen LogP contribution in [0, 0.1) is 0 Å². The molecule has 0 spiro atoms. The van der Waals surface area contributed by atoms with Crippen molar-refractivity contribution in [2.45, 2.75) is 25.4 Å². The van der Waals surface area contributed by atoms with Gasteiger partial charge in [0.1, 0.15) is 11.8 Å². The average Bonchev–Trinajstić information content (AvgIpc) is 2.83. The maximum atomic E-state index is 12.5. The predicted molar refractivity (Wildman–Crippen MR) is 71.3 cm³/mol. The number of aromatic nitrogens is 3. The zero-order valence-corrected chi connectivity index (χ0v) is 11.4. The van der Waals surface area contributed by atoms with Crippen molar-refractivity contribution < 1.29 is 4.39 Å². The monoisotopic (exact) mass is 297 g/mol. The highest BCUT2D eigenvalue weighted by atomic mass is 35.5. The number of nitrogens with zero attached hydrogens (tertiary/aromatic N) is 3. The van der Waals surface area contributed by atoms with Gasteiger partial charge in [-0.05, 0) is 36.1 Å². The molecular formula is C13H10Cl2FN3. The minimum absolute atomic E-state index is 0.106. The first-order valence-electron chi connectivity index (χ1n) is 5.91. The number of halogens is 3. The van der Waals surface area contributed by atoms with Gasteiger partial charge in [-0.3, -0.25) is 4.98 Å². The molecule has 1 unspecified atom stereocenters. The summed E-state index contributed by atoms with van der Waals surface area (Å²) in [7, 11) is 0. The smallest absolute Gasteiger partial charge is 0.224 e. The van der Waals surface area contributed by atoms with Crippen LogP contribution in [0.25, 0.3) is 0 Å². The van der Waals surface area contributed by atoms with E-state index in [1.54, 1.807) is 12.3 Å². The van der Waals surface area contributed by atoms with Gasteiger partial charge in [0.2, 0.25) is 5.28 Å². The van der Waals surface area contributed by atoms with Crippen molar-refractivity contribution >= 4 is 23.2 Å². The van der Waals surface area contributed by atoms with Crippen molar-refractivity contribution in [2.24, 2.45) is 0 Å². The highest BCUT2D eigenvalue weighted by molar-refractivity contribution is 6.32. The molecule has 2 aromatic heterocycles. The third-order valence-corrected chi connectivity index (χ3v) is 3.84. The van der Waals surface area contributed by atoms with E-state index in [4.69, 9.17) is 23.2 Å². The summed E-state index contributed by atoms with van der Waals surface area (Å²) in [4.78, 5) is 12.3. The molecule has 1 aliphatic rings. The van der Waals surface area contributed by atoms with Crippen molar-refractivity contribution in [1.29, 1.82) is 0 Å². The van der Waals surface area contributed by atoms with Crippen molar-refractivity contribution in [1.82, 2.24) is 15.0 Å². The van der Waals surface area contributed by atoms with Crippen molar-refractivity contribution in [3.05, 3.63) is 51.3 Å². The molecule has 2 heterocycles. The molecule has 1 aliphatic carbocycles. The molecule has 0 aliphatic heterocycles. The molecule has 0 saturated heterocycles. The highest BCUT2D eigenvalue weighted by Gasteiger charge is 2.29. The quantitative estimate of drug-likeness (QED) is 0.626. The molecule has 1 atom stereocenters. The highest BCUT2D eigenvalue weighted by Crippen LogP contribution is 2.39. The lowest BCUT2D eigenvalue weighted by molar-refractivity contribution is 0.475. The third kappa shape index (κ3) is 2.30. The van der Waals surface area contributed by atoms with Crippen LogP contribution >= 0.6 is 23.2 Å².